The molecule has 2 heterocycles. The van der Waals surface area contributed by atoms with Crippen molar-refractivity contribution in [3.63, 3.8) is 0 Å². The van der Waals surface area contributed by atoms with E-state index in [4.69, 9.17) is 0 Å². The summed E-state index contributed by atoms with van der Waals surface area (Å²) in [5.41, 5.74) is 1.63. The van der Waals surface area contributed by atoms with Crippen LogP contribution in [0, 0.1) is 6.92 Å². The molecule has 1 aliphatic rings. The molecule has 30 heavy (non-hydrogen) atoms. The summed E-state index contributed by atoms with van der Waals surface area (Å²) in [6, 6.07) is 15.2. The predicted molar refractivity (Wildman–Crippen MR) is 116 cm³/mol. The number of amides is 1. The third kappa shape index (κ3) is 4.00. The second-order valence-corrected chi connectivity index (χ2v) is 8.38. The van der Waals surface area contributed by atoms with E-state index in [1.165, 1.54) is 16.5 Å². The van der Waals surface area contributed by atoms with Gasteiger partial charge in [-0.15, -0.1) is 0 Å². The summed E-state index contributed by atoms with van der Waals surface area (Å²) < 4.78 is 1.48. The first-order valence-electron chi connectivity index (χ1n) is 10.4. The minimum Gasteiger partial charge on any atom is -0.388 e. The van der Waals surface area contributed by atoms with Gasteiger partial charge in [-0.05, 0) is 44.4 Å². The van der Waals surface area contributed by atoms with Gasteiger partial charge in [-0.2, -0.15) is 0 Å². The van der Waals surface area contributed by atoms with Crippen LogP contribution in [-0.4, -0.2) is 44.2 Å². The van der Waals surface area contributed by atoms with E-state index >= 15 is 0 Å². The van der Waals surface area contributed by atoms with E-state index in [9.17, 15) is 14.7 Å². The van der Waals surface area contributed by atoms with Gasteiger partial charge in [0.1, 0.15) is 0 Å². The molecule has 1 N–H and O–H groups in total. The summed E-state index contributed by atoms with van der Waals surface area (Å²) in [6.45, 7) is 5.08. The number of piperidine rings is 1. The van der Waals surface area contributed by atoms with Crippen molar-refractivity contribution >= 4 is 16.8 Å². The Balaban J connectivity index is 1.43. The summed E-state index contributed by atoms with van der Waals surface area (Å²) in [6.07, 6.45) is 2.36. The smallest absolute Gasteiger partial charge is 0.261 e. The fourth-order valence-electron chi connectivity index (χ4n) is 4.11. The van der Waals surface area contributed by atoms with Crippen molar-refractivity contribution in [3.8, 4) is 0 Å². The van der Waals surface area contributed by atoms with Crippen molar-refractivity contribution in [1.82, 2.24) is 14.5 Å². The molecule has 1 aromatic heterocycles. The number of aliphatic hydroxyl groups is 1. The average molecular weight is 405 g/mol. The van der Waals surface area contributed by atoms with E-state index in [0.717, 1.165) is 5.56 Å². The van der Waals surface area contributed by atoms with Crippen LogP contribution < -0.4 is 5.56 Å². The summed E-state index contributed by atoms with van der Waals surface area (Å²) in [4.78, 5) is 31.8. The van der Waals surface area contributed by atoms with E-state index in [1.807, 2.05) is 55.1 Å². The molecule has 1 aliphatic heterocycles. The highest BCUT2D eigenvalue weighted by Gasteiger charge is 2.35. The topological polar surface area (TPSA) is 75.4 Å². The monoisotopic (exact) mass is 405 g/mol. The van der Waals surface area contributed by atoms with E-state index in [1.54, 1.807) is 12.1 Å². The number of likely N-dealkylation sites (tertiary alicyclic amines) is 1. The molecule has 1 fully saturated rings. The predicted octanol–water partition coefficient (Wildman–Crippen LogP) is 2.86. The molecular formula is C24H27N3O3. The minimum atomic E-state index is -1.03. The summed E-state index contributed by atoms with van der Waals surface area (Å²) in [5, 5.41) is 11.6. The number of carbonyl (C=O) groups excluding carboxylic acids is 1. The zero-order valence-corrected chi connectivity index (χ0v) is 17.4. The molecular weight excluding hydrogens is 378 g/mol. The maximum atomic E-state index is 12.9. The van der Waals surface area contributed by atoms with Gasteiger partial charge in [0.2, 0.25) is 5.91 Å². The molecule has 0 spiro atoms. The largest absolute Gasteiger partial charge is 0.388 e. The van der Waals surface area contributed by atoms with Gasteiger partial charge in [0.25, 0.3) is 5.56 Å². The molecule has 6 nitrogen and oxygen atoms in total. The Labute approximate surface area is 175 Å². The quantitative estimate of drug-likeness (QED) is 0.724. The maximum Gasteiger partial charge on any atom is 0.261 e. The van der Waals surface area contributed by atoms with Crippen LogP contribution >= 0.6 is 0 Å². The normalized spacial score (nSPS) is 17.1. The molecule has 1 unspecified atom stereocenters. The van der Waals surface area contributed by atoms with Gasteiger partial charge in [-0.3, -0.25) is 14.2 Å². The lowest BCUT2D eigenvalue weighted by Gasteiger charge is -2.39. The van der Waals surface area contributed by atoms with Crippen LogP contribution in [0.5, 0.6) is 0 Å². The Hall–Kier alpha value is -2.99. The number of carbonyl (C=O) groups is 1. The Morgan fingerprint density at radius 3 is 2.50 bits per heavy atom. The number of aromatic nitrogens is 2. The van der Waals surface area contributed by atoms with Gasteiger partial charge in [-0.1, -0.05) is 42.0 Å². The highest BCUT2D eigenvalue weighted by atomic mass is 16.3. The lowest BCUT2D eigenvalue weighted by atomic mass is 9.89. The van der Waals surface area contributed by atoms with E-state index in [0.29, 0.717) is 36.8 Å². The fraction of sp³-hybridized carbons (Fsp3) is 0.375. The second-order valence-electron chi connectivity index (χ2n) is 8.38. The maximum absolute atomic E-state index is 12.9. The van der Waals surface area contributed by atoms with Crippen LogP contribution in [0.2, 0.25) is 0 Å². The van der Waals surface area contributed by atoms with Crippen molar-refractivity contribution in [2.45, 2.75) is 44.8 Å². The van der Waals surface area contributed by atoms with Crippen molar-refractivity contribution in [1.29, 1.82) is 0 Å². The van der Waals surface area contributed by atoms with Gasteiger partial charge in [0.15, 0.2) is 0 Å². The third-order valence-electron chi connectivity index (χ3n) is 6.15. The van der Waals surface area contributed by atoms with Gasteiger partial charge < -0.3 is 10.0 Å². The van der Waals surface area contributed by atoms with Crippen molar-refractivity contribution in [2.24, 2.45) is 0 Å². The molecule has 0 aliphatic carbocycles. The van der Waals surface area contributed by atoms with Crippen molar-refractivity contribution in [2.75, 3.05) is 13.1 Å². The molecule has 6 heteroatoms. The summed E-state index contributed by atoms with van der Waals surface area (Å²) in [7, 11) is 0. The van der Waals surface area contributed by atoms with Crippen LogP contribution in [0.1, 0.15) is 36.8 Å². The molecule has 0 radical (unpaired) electrons. The van der Waals surface area contributed by atoms with E-state index in [-0.39, 0.29) is 23.9 Å². The number of rotatable bonds is 4. The van der Waals surface area contributed by atoms with E-state index in [2.05, 4.69) is 4.98 Å². The van der Waals surface area contributed by atoms with Gasteiger partial charge in [0.05, 0.1) is 35.3 Å². The Bertz CT molecular complexity index is 1110. The molecule has 1 amide bonds. The summed E-state index contributed by atoms with van der Waals surface area (Å²) in [5.74, 6) is -0.144. The van der Waals surface area contributed by atoms with Crippen LogP contribution in [0.3, 0.4) is 0 Å². The average Bonchev–Trinajstić information content (AvgIpc) is 2.76. The third-order valence-corrected chi connectivity index (χ3v) is 6.15. The second kappa shape index (κ2) is 8.03. The number of benzene rings is 2. The molecule has 0 saturated carbocycles. The first-order chi connectivity index (χ1) is 14.4. The minimum absolute atomic E-state index is 0.0745. The highest BCUT2D eigenvalue weighted by Crippen LogP contribution is 2.27. The van der Waals surface area contributed by atoms with E-state index < -0.39 is 5.60 Å². The van der Waals surface area contributed by atoms with Crippen LogP contribution in [0.25, 0.3) is 10.9 Å². The SMILES string of the molecule is Cc1ccc(C(C)C(=O)N2CCC(O)(Cn3cnc4ccccc4c3=O)CC2)cc1. The molecule has 3 aromatic rings. The van der Waals surface area contributed by atoms with Crippen molar-refractivity contribution in [3.05, 3.63) is 76.3 Å². The Morgan fingerprint density at radius 1 is 1.13 bits per heavy atom. The Kier molecular flexibility index (Phi) is 5.43. The number of hydrogen-bond donors (Lipinski definition) is 1. The molecule has 156 valence electrons. The number of nitrogens with zero attached hydrogens (tertiary/aromatic N) is 3. The fourth-order valence-corrected chi connectivity index (χ4v) is 4.11. The number of para-hydroxylation sites is 1. The van der Waals surface area contributed by atoms with Crippen LogP contribution in [0.4, 0.5) is 0 Å². The lowest BCUT2D eigenvalue weighted by Crippen LogP contribution is -2.50. The van der Waals surface area contributed by atoms with Gasteiger partial charge >= 0.3 is 0 Å². The summed E-state index contributed by atoms with van der Waals surface area (Å²) >= 11 is 0. The van der Waals surface area contributed by atoms with Crippen LogP contribution in [-0.2, 0) is 11.3 Å². The van der Waals surface area contributed by atoms with Crippen LogP contribution in [0.15, 0.2) is 59.7 Å². The van der Waals surface area contributed by atoms with Gasteiger partial charge in [-0.25, -0.2) is 4.98 Å². The number of fused-ring (bicyclic) bond motifs is 1. The molecule has 1 saturated heterocycles. The van der Waals surface area contributed by atoms with Crippen molar-refractivity contribution < 1.29 is 9.90 Å². The Morgan fingerprint density at radius 2 is 1.80 bits per heavy atom. The molecule has 2 aromatic carbocycles. The zero-order chi connectivity index (χ0) is 21.3. The standard InChI is InChI=1S/C24H27N3O3/c1-17-7-9-19(10-8-17)18(2)22(28)26-13-11-24(30,12-14-26)15-27-16-25-21-6-4-3-5-20(21)23(27)29/h3-10,16,18,30H,11-15H2,1-2H3. The lowest BCUT2D eigenvalue weighted by molar-refractivity contribution is -0.137. The number of hydrogen-bond acceptors (Lipinski definition) is 4. The van der Waals surface area contributed by atoms with Gasteiger partial charge in [0, 0.05) is 13.1 Å². The number of aryl methyl sites for hydroxylation is 1. The first kappa shape index (κ1) is 20.3. The zero-order valence-electron chi connectivity index (χ0n) is 17.4. The molecule has 1 atom stereocenters. The molecule has 4 rings (SSSR count). The highest BCUT2D eigenvalue weighted by molar-refractivity contribution is 5.83. The first-order valence-corrected chi connectivity index (χ1v) is 10.4. The molecule has 0 bridgehead atoms.